The number of rotatable bonds is 1. The van der Waals surface area contributed by atoms with Gasteiger partial charge in [-0.1, -0.05) is 72.8 Å². The fourth-order valence-electron chi connectivity index (χ4n) is 3.93. The summed E-state index contributed by atoms with van der Waals surface area (Å²) >= 11 is 0. The highest BCUT2D eigenvalue weighted by atomic mass is 16.3. The van der Waals surface area contributed by atoms with Crippen molar-refractivity contribution in [2.24, 2.45) is 0 Å². The van der Waals surface area contributed by atoms with Gasteiger partial charge in [-0.2, -0.15) is 0 Å². The average Bonchev–Trinajstić information content (AvgIpc) is 2.72. The third-order valence-corrected chi connectivity index (χ3v) is 5.13. The molecular weight excluding hydrogens is 336 g/mol. The predicted molar refractivity (Wildman–Crippen MR) is 106 cm³/mol. The van der Waals surface area contributed by atoms with Gasteiger partial charge in [0.2, 0.25) is 11.6 Å². The standard InChI is InChI=1S/C24H14O3/c25-21-13-20(14-7-1-4-10-17(14)24(21)27)22-15-8-2-5-11-18(15)23(26)19-12-6-3-9-16(19)22/h1-13,26H. The highest BCUT2D eigenvalue weighted by molar-refractivity contribution is 6.51. The van der Waals surface area contributed by atoms with Crippen molar-refractivity contribution in [1.82, 2.24) is 0 Å². The number of hydrogen-bond donors (Lipinski definition) is 1. The lowest BCUT2D eigenvalue weighted by molar-refractivity contribution is -0.111. The molecule has 0 amide bonds. The van der Waals surface area contributed by atoms with Crippen LogP contribution in [0.4, 0.5) is 0 Å². The zero-order valence-corrected chi connectivity index (χ0v) is 14.3. The number of carbonyl (C=O) groups is 2. The molecule has 0 atom stereocenters. The number of phenolic OH excluding ortho intramolecular Hbond substituents is 1. The van der Waals surface area contributed by atoms with Crippen LogP contribution in [-0.4, -0.2) is 16.7 Å². The van der Waals surface area contributed by atoms with Gasteiger partial charge in [0.1, 0.15) is 5.75 Å². The van der Waals surface area contributed by atoms with Crippen molar-refractivity contribution in [1.29, 1.82) is 0 Å². The summed E-state index contributed by atoms with van der Waals surface area (Å²) in [6.45, 7) is 0. The maximum atomic E-state index is 12.4. The molecule has 4 aromatic carbocycles. The zero-order valence-electron chi connectivity index (χ0n) is 14.3. The van der Waals surface area contributed by atoms with Crippen molar-refractivity contribution in [2.45, 2.75) is 0 Å². The Balaban J connectivity index is 1.99. The lowest BCUT2D eigenvalue weighted by Crippen LogP contribution is -2.19. The Labute approximate surface area is 155 Å². The van der Waals surface area contributed by atoms with Crippen LogP contribution < -0.4 is 0 Å². The maximum absolute atomic E-state index is 12.4. The number of allylic oxidation sites excluding steroid dienone is 1. The summed E-state index contributed by atoms with van der Waals surface area (Å²) in [4.78, 5) is 24.7. The van der Waals surface area contributed by atoms with E-state index in [1.165, 1.54) is 6.08 Å². The van der Waals surface area contributed by atoms with E-state index in [0.717, 1.165) is 21.9 Å². The molecule has 0 aliphatic heterocycles. The molecule has 1 N–H and O–H groups in total. The van der Waals surface area contributed by atoms with Gasteiger partial charge >= 0.3 is 0 Å². The fraction of sp³-hybridized carbons (Fsp3) is 0. The van der Waals surface area contributed by atoms with Gasteiger partial charge in [0, 0.05) is 16.3 Å². The van der Waals surface area contributed by atoms with Crippen LogP contribution in [-0.2, 0) is 4.79 Å². The summed E-state index contributed by atoms with van der Waals surface area (Å²) in [6, 6.07) is 22.3. The molecule has 5 rings (SSSR count). The topological polar surface area (TPSA) is 54.4 Å². The Morgan fingerprint density at radius 2 is 1.07 bits per heavy atom. The van der Waals surface area contributed by atoms with Crippen LogP contribution in [0.2, 0.25) is 0 Å². The monoisotopic (exact) mass is 350 g/mol. The third-order valence-electron chi connectivity index (χ3n) is 5.13. The minimum atomic E-state index is -0.523. The van der Waals surface area contributed by atoms with Crippen molar-refractivity contribution >= 4 is 38.7 Å². The Morgan fingerprint density at radius 1 is 0.593 bits per heavy atom. The first-order chi connectivity index (χ1) is 13.2. The summed E-state index contributed by atoms with van der Waals surface area (Å²) in [7, 11) is 0. The van der Waals surface area contributed by atoms with Gasteiger partial charge in [-0.25, -0.2) is 0 Å². The molecule has 0 spiro atoms. The lowest BCUT2D eigenvalue weighted by atomic mass is 9.82. The van der Waals surface area contributed by atoms with Gasteiger partial charge in [0.05, 0.1) is 0 Å². The summed E-state index contributed by atoms with van der Waals surface area (Å²) in [5.41, 5.74) is 2.72. The summed E-state index contributed by atoms with van der Waals surface area (Å²) in [5, 5.41) is 13.9. The average molecular weight is 350 g/mol. The molecular formula is C24H14O3. The largest absolute Gasteiger partial charge is 0.507 e. The van der Waals surface area contributed by atoms with E-state index in [0.29, 0.717) is 21.9 Å². The summed E-state index contributed by atoms with van der Waals surface area (Å²) in [5.74, 6) is -0.788. The Kier molecular flexibility index (Phi) is 3.25. The molecule has 3 heteroatoms. The van der Waals surface area contributed by atoms with Crippen LogP contribution in [0, 0.1) is 0 Å². The number of Topliss-reactive ketones (excluding diaryl/α,β-unsaturated/α-hetero) is 1. The normalized spacial score (nSPS) is 13.7. The van der Waals surface area contributed by atoms with Gasteiger partial charge in [-0.3, -0.25) is 9.59 Å². The summed E-state index contributed by atoms with van der Waals surface area (Å²) < 4.78 is 0. The Morgan fingerprint density at radius 3 is 1.67 bits per heavy atom. The molecule has 0 aromatic heterocycles. The van der Waals surface area contributed by atoms with E-state index in [-0.39, 0.29) is 5.75 Å². The van der Waals surface area contributed by atoms with E-state index in [2.05, 4.69) is 0 Å². The van der Waals surface area contributed by atoms with Gasteiger partial charge in [0.25, 0.3) is 0 Å². The molecule has 3 nitrogen and oxygen atoms in total. The number of fused-ring (bicyclic) bond motifs is 3. The highest BCUT2D eigenvalue weighted by Gasteiger charge is 2.28. The van der Waals surface area contributed by atoms with E-state index in [1.54, 1.807) is 12.1 Å². The minimum Gasteiger partial charge on any atom is -0.507 e. The zero-order chi connectivity index (χ0) is 18.5. The first kappa shape index (κ1) is 15.5. The highest BCUT2D eigenvalue weighted by Crippen LogP contribution is 2.43. The van der Waals surface area contributed by atoms with Gasteiger partial charge < -0.3 is 5.11 Å². The smallest absolute Gasteiger partial charge is 0.233 e. The van der Waals surface area contributed by atoms with Gasteiger partial charge in [-0.05, 0) is 33.5 Å². The Hall–Kier alpha value is -3.72. The number of benzene rings is 4. The first-order valence-corrected chi connectivity index (χ1v) is 8.69. The number of aromatic hydroxyl groups is 1. The van der Waals surface area contributed by atoms with Crippen molar-refractivity contribution < 1.29 is 14.7 Å². The summed E-state index contributed by atoms with van der Waals surface area (Å²) in [6.07, 6.45) is 1.43. The number of carbonyl (C=O) groups excluding carboxylic acids is 2. The maximum Gasteiger partial charge on any atom is 0.233 e. The van der Waals surface area contributed by atoms with Crippen molar-refractivity contribution in [3.05, 3.63) is 95.6 Å². The SMILES string of the molecule is O=C1C=C(c2c3ccccc3c(O)c3ccccc23)c2ccccc2C1=O. The third kappa shape index (κ3) is 2.15. The molecule has 0 heterocycles. The molecule has 27 heavy (non-hydrogen) atoms. The molecule has 0 saturated carbocycles. The van der Waals surface area contributed by atoms with E-state index >= 15 is 0 Å². The molecule has 0 bridgehead atoms. The van der Waals surface area contributed by atoms with Crippen LogP contribution in [0.3, 0.4) is 0 Å². The van der Waals surface area contributed by atoms with E-state index < -0.39 is 11.6 Å². The van der Waals surface area contributed by atoms with E-state index in [4.69, 9.17) is 0 Å². The molecule has 1 aliphatic rings. The number of phenols is 1. The van der Waals surface area contributed by atoms with Crippen LogP contribution in [0.1, 0.15) is 21.5 Å². The second-order valence-corrected chi connectivity index (χ2v) is 6.61. The molecule has 0 unspecified atom stereocenters. The second kappa shape index (κ2) is 5.64. The Bertz CT molecular complexity index is 1260. The quantitative estimate of drug-likeness (QED) is 0.392. The van der Waals surface area contributed by atoms with Crippen molar-refractivity contribution in [3.63, 3.8) is 0 Å². The van der Waals surface area contributed by atoms with E-state index in [9.17, 15) is 14.7 Å². The van der Waals surface area contributed by atoms with Crippen LogP contribution >= 0.6 is 0 Å². The van der Waals surface area contributed by atoms with Crippen LogP contribution in [0.5, 0.6) is 5.75 Å². The molecule has 0 fully saturated rings. The van der Waals surface area contributed by atoms with Crippen molar-refractivity contribution in [3.8, 4) is 5.75 Å². The predicted octanol–water partition coefficient (Wildman–Crippen LogP) is 4.90. The fourth-order valence-corrected chi connectivity index (χ4v) is 3.93. The van der Waals surface area contributed by atoms with Crippen LogP contribution in [0.25, 0.3) is 27.1 Å². The van der Waals surface area contributed by atoms with Crippen molar-refractivity contribution in [2.75, 3.05) is 0 Å². The number of hydrogen-bond acceptors (Lipinski definition) is 3. The van der Waals surface area contributed by atoms with Gasteiger partial charge in [0.15, 0.2) is 0 Å². The minimum absolute atomic E-state index is 0.219. The molecule has 0 radical (unpaired) electrons. The first-order valence-electron chi connectivity index (χ1n) is 8.69. The number of ketones is 2. The molecule has 128 valence electrons. The molecule has 4 aromatic rings. The van der Waals surface area contributed by atoms with Crippen LogP contribution in [0.15, 0.2) is 78.9 Å². The van der Waals surface area contributed by atoms with E-state index in [1.807, 2.05) is 60.7 Å². The van der Waals surface area contributed by atoms with Gasteiger partial charge in [-0.15, -0.1) is 0 Å². The molecule has 0 saturated heterocycles. The second-order valence-electron chi connectivity index (χ2n) is 6.61. The molecule has 1 aliphatic carbocycles. The lowest BCUT2D eigenvalue weighted by Gasteiger charge is -2.20.